The second-order valence-corrected chi connectivity index (χ2v) is 7.08. The maximum Gasteiger partial charge on any atom is 0.303 e. The Bertz CT molecular complexity index is 537. The maximum absolute atomic E-state index is 11.9. The van der Waals surface area contributed by atoms with Crippen molar-refractivity contribution in [1.82, 2.24) is 0 Å². The second-order valence-electron chi connectivity index (χ2n) is 4.97. The highest BCUT2D eigenvalue weighted by Gasteiger charge is 2.12. The van der Waals surface area contributed by atoms with Gasteiger partial charge in [0.05, 0.1) is 10.6 Å². The van der Waals surface area contributed by atoms with E-state index in [1.165, 1.54) is 0 Å². The Kier molecular flexibility index (Phi) is 7.22. The molecule has 1 rings (SSSR count). The van der Waals surface area contributed by atoms with Crippen LogP contribution in [0.15, 0.2) is 29.2 Å². The second kappa shape index (κ2) is 8.67. The Hall–Kier alpha value is -1.56. The molecular weight excluding hydrogens is 290 g/mol. The van der Waals surface area contributed by atoms with Gasteiger partial charge in [0.25, 0.3) is 0 Å². The highest BCUT2D eigenvalue weighted by Crippen LogP contribution is 2.16. The van der Waals surface area contributed by atoms with Crippen molar-refractivity contribution in [2.24, 2.45) is 0 Å². The average molecular weight is 313 g/mol. The predicted molar refractivity (Wildman–Crippen MR) is 83.4 cm³/mol. The van der Waals surface area contributed by atoms with Gasteiger partial charge in [0.2, 0.25) is 0 Å². The predicted octanol–water partition coefficient (Wildman–Crippen LogP) is 2.93. The van der Waals surface area contributed by atoms with Crippen molar-refractivity contribution in [1.29, 1.82) is 0 Å². The van der Waals surface area contributed by atoms with E-state index < -0.39 is 15.8 Å². The highest BCUT2D eigenvalue weighted by molar-refractivity contribution is 7.91. The summed E-state index contributed by atoms with van der Waals surface area (Å²) in [5.41, 5.74) is 0.878. The van der Waals surface area contributed by atoms with E-state index in [1.807, 2.05) is 6.92 Å². The lowest BCUT2D eigenvalue weighted by Gasteiger charge is -2.08. The number of carbonyl (C=O) groups is 1. The van der Waals surface area contributed by atoms with Crippen molar-refractivity contribution in [2.45, 2.75) is 43.9 Å². The fourth-order valence-corrected chi connectivity index (χ4v) is 3.30. The van der Waals surface area contributed by atoms with Gasteiger partial charge in [0.15, 0.2) is 9.84 Å². The van der Waals surface area contributed by atoms with Crippen LogP contribution in [0.3, 0.4) is 0 Å². The van der Waals surface area contributed by atoms with Crippen molar-refractivity contribution in [3.8, 4) is 0 Å². The monoisotopic (exact) mass is 313 g/mol. The van der Waals surface area contributed by atoms with Crippen LogP contribution in [-0.2, 0) is 14.6 Å². The number of carboxylic acids is 1. The Morgan fingerprint density at radius 3 is 2.38 bits per heavy atom. The Labute approximate surface area is 126 Å². The molecule has 0 aromatic heterocycles. The van der Waals surface area contributed by atoms with Gasteiger partial charge in [-0.2, -0.15) is 0 Å². The van der Waals surface area contributed by atoms with Gasteiger partial charge in [-0.3, -0.25) is 4.79 Å². The van der Waals surface area contributed by atoms with Gasteiger partial charge in [-0.15, -0.1) is 0 Å². The third kappa shape index (κ3) is 6.62. The van der Waals surface area contributed by atoms with Crippen molar-refractivity contribution < 1.29 is 18.3 Å². The first-order chi connectivity index (χ1) is 9.95. The van der Waals surface area contributed by atoms with Crippen LogP contribution in [0.5, 0.6) is 0 Å². The minimum absolute atomic E-state index is 0.170. The molecule has 0 heterocycles. The third-order valence-corrected chi connectivity index (χ3v) is 5.02. The van der Waals surface area contributed by atoms with Crippen molar-refractivity contribution in [3.05, 3.63) is 24.3 Å². The molecular formula is C15H23NO4S. The first kappa shape index (κ1) is 17.5. The smallest absolute Gasteiger partial charge is 0.303 e. The number of carboxylic acid groups (broad SMARTS) is 1. The molecule has 0 spiro atoms. The molecule has 0 radical (unpaired) electrons. The number of aliphatic carboxylic acids is 1. The van der Waals surface area contributed by atoms with Crippen LogP contribution in [0.1, 0.15) is 39.0 Å². The number of rotatable bonds is 10. The molecule has 2 N–H and O–H groups in total. The normalized spacial score (nSPS) is 11.3. The molecule has 6 heteroatoms. The van der Waals surface area contributed by atoms with E-state index in [1.54, 1.807) is 24.3 Å². The van der Waals surface area contributed by atoms with Gasteiger partial charge in [0.1, 0.15) is 0 Å². The molecule has 0 aliphatic rings. The number of hydrogen-bond acceptors (Lipinski definition) is 4. The zero-order valence-corrected chi connectivity index (χ0v) is 13.2. The largest absolute Gasteiger partial charge is 0.481 e. The Morgan fingerprint density at radius 1 is 1.14 bits per heavy atom. The van der Waals surface area contributed by atoms with E-state index in [9.17, 15) is 13.2 Å². The minimum atomic E-state index is -3.15. The lowest BCUT2D eigenvalue weighted by Crippen LogP contribution is -2.06. The first-order valence-electron chi connectivity index (χ1n) is 7.24. The number of anilines is 1. The van der Waals surface area contributed by atoms with Gasteiger partial charge < -0.3 is 10.4 Å². The summed E-state index contributed by atoms with van der Waals surface area (Å²) >= 11 is 0. The topological polar surface area (TPSA) is 83.5 Å². The molecule has 0 aliphatic heterocycles. The highest BCUT2D eigenvalue weighted by atomic mass is 32.2. The van der Waals surface area contributed by atoms with Crippen LogP contribution in [0.2, 0.25) is 0 Å². The number of sulfone groups is 1. The lowest BCUT2D eigenvalue weighted by molar-refractivity contribution is -0.137. The molecule has 0 saturated carbocycles. The van der Waals surface area contributed by atoms with E-state index >= 15 is 0 Å². The molecule has 1 aromatic carbocycles. The maximum atomic E-state index is 11.9. The van der Waals surface area contributed by atoms with Crippen LogP contribution in [0, 0.1) is 0 Å². The summed E-state index contributed by atoms with van der Waals surface area (Å²) in [6.07, 6.45) is 3.26. The van der Waals surface area contributed by atoms with Crippen LogP contribution >= 0.6 is 0 Å². The number of nitrogens with one attached hydrogen (secondary N) is 1. The van der Waals surface area contributed by atoms with E-state index in [-0.39, 0.29) is 12.2 Å². The Balaban J connectivity index is 2.36. The first-order valence-corrected chi connectivity index (χ1v) is 8.89. The van der Waals surface area contributed by atoms with Gasteiger partial charge in [0, 0.05) is 18.7 Å². The van der Waals surface area contributed by atoms with Crippen LogP contribution in [0.25, 0.3) is 0 Å². The molecule has 0 bridgehead atoms. The van der Waals surface area contributed by atoms with Crippen LogP contribution in [-0.4, -0.2) is 31.8 Å². The number of unbranched alkanes of at least 4 members (excludes halogenated alkanes) is 2. The lowest BCUT2D eigenvalue weighted by atomic mass is 10.2. The third-order valence-electron chi connectivity index (χ3n) is 3.08. The summed E-state index contributed by atoms with van der Waals surface area (Å²) in [6.45, 7) is 2.60. The molecule has 0 fully saturated rings. The summed E-state index contributed by atoms with van der Waals surface area (Å²) in [6, 6.07) is 6.77. The van der Waals surface area contributed by atoms with Gasteiger partial charge in [-0.05, 0) is 43.5 Å². The standard InChI is InChI=1S/C15H23NO4S/c1-2-12-21(19,20)14-9-7-13(8-10-14)16-11-5-3-4-6-15(17)18/h7-10,16H,2-6,11-12H2,1H3,(H,17,18). The van der Waals surface area contributed by atoms with Crippen LogP contribution < -0.4 is 5.32 Å². The summed E-state index contributed by atoms with van der Waals surface area (Å²) in [5.74, 6) is -0.588. The van der Waals surface area contributed by atoms with Gasteiger partial charge in [-0.1, -0.05) is 13.3 Å². The molecule has 0 saturated heterocycles. The average Bonchev–Trinajstić information content (AvgIpc) is 2.43. The minimum Gasteiger partial charge on any atom is -0.481 e. The summed E-state index contributed by atoms with van der Waals surface area (Å²) in [7, 11) is -3.15. The molecule has 0 amide bonds. The fraction of sp³-hybridized carbons (Fsp3) is 0.533. The molecule has 0 unspecified atom stereocenters. The zero-order valence-electron chi connectivity index (χ0n) is 12.3. The molecule has 21 heavy (non-hydrogen) atoms. The molecule has 0 aliphatic carbocycles. The number of hydrogen-bond donors (Lipinski definition) is 2. The molecule has 5 nitrogen and oxygen atoms in total. The van der Waals surface area contributed by atoms with E-state index in [0.717, 1.165) is 25.1 Å². The van der Waals surface area contributed by atoms with Crippen molar-refractivity contribution in [3.63, 3.8) is 0 Å². The van der Waals surface area contributed by atoms with Gasteiger partial charge >= 0.3 is 5.97 Å². The number of benzene rings is 1. The fourth-order valence-electron chi connectivity index (χ4n) is 1.98. The quantitative estimate of drug-likeness (QED) is 0.649. The van der Waals surface area contributed by atoms with E-state index in [2.05, 4.69) is 5.32 Å². The zero-order chi connectivity index (χ0) is 15.7. The van der Waals surface area contributed by atoms with Crippen LogP contribution in [0.4, 0.5) is 5.69 Å². The summed E-state index contributed by atoms with van der Waals surface area (Å²) in [5, 5.41) is 11.7. The molecule has 0 atom stereocenters. The van der Waals surface area contributed by atoms with E-state index in [0.29, 0.717) is 17.7 Å². The van der Waals surface area contributed by atoms with E-state index in [4.69, 9.17) is 5.11 Å². The van der Waals surface area contributed by atoms with Gasteiger partial charge in [-0.25, -0.2) is 8.42 Å². The Morgan fingerprint density at radius 2 is 1.81 bits per heavy atom. The molecule has 1 aromatic rings. The summed E-state index contributed by atoms with van der Waals surface area (Å²) in [4.78, 5) is 10.7. The SMILES string of the molecule is CCCS(=O)(=O)c1ccc(NCCCCCC(=O)O)cc1. The van der Waals surface area contributed by atoms with Crippen molar-refractivity contribution >= 4 is 21.5 Å². The van der Waals surface area contributed by atoms with Crippen molar-refractivity contribution in [2.75, 3.05) is 17.6 Å². The summed E-state index contributed by atoms with van der Waals surface area (Å²) < 4.78 is 23.7. The molecule has 118 valence electrons.